The van der Waals surface area contributed by atoms with Gasteiger partial charge in [0.05, 0.1) is 12.6 Å². The molecule has 0 atom stereocenters. The van der Waals surface area contributed by atoms with Crippen molar-refractivity contribution in [1.82, 2.24) is 0 Å². The normalized spacial score (nSPS) is 29.2. The number of rotatable bonds is 1. The third-order valence-corrected chi connectivity index (χ3v) is 2.70. The number of hydrogen-bond donors (Lipinski definition) is 0. The molecule has 68 valence electrons. The fourth-order valence-electron chi connectivity index (χ4n) is 2.00. The van der Waals surface area contributed by atoms with Crippen LogP contribution in [0.3, 0.4) is 0 Å². The Morgan fingerprint density at radius 1 is 1.08 bits per heavy atom. The Morgan fingerprint density at radius 3 is 2.58 bits per heavy atom. The minimum absolute atomic E-state index is 0.590. The van der Waals surface area contributed by atoms with Gasteiger partial charge in [-0.3, -0.25) is 4.99 Å². The molecule has 1 saturated carbocycles. The SMILES string of the molecule is C1CCC(N=C2CCCO2)CC1. The molecule has 0 N–H and O–H groups in total. The van der Waals surface area contributed by atoms with Crippen LogP contribution in [0.4, 0.5) is 0 Å². The van der Waals surface area contributed by atoms with Crippen molar-refractivity contribution in [3.05, 3.63) is 0 Å². The van der Waals surface area contributed by atoms with Crippen LogP contribution in [0.1, 0.15) is 44.9 Å². The monoisotopic (exact) mass is 167 g/mol. The van der Waals surface area contributed by atoms with Gasteiger partial charge in [-0.15, -0.1) is 0 Å². The Bertz CT molecular complexity index is 163. The molecule has 0 aromatic heterocycles. The third-order valence-electron chi connectivity index (χ3n) is 2.70. The molecular formula is C10H17NO. The highest BCUT2D eigenvalue weighted by molar-refractivity contribution is 5.77. The highest BCUT2D eigenvalue weighted by atomic mass is 16.5. The lowest BCUT2D eigenvalue weighted by molar-refractivity contribution is 0.335. The minimum Gasteiger partial charge on any atom is -0.481 e. The summed E-state index contributed by atoms with van der Waals surface area (Å²) in [6.07, 6.45) is 8.95. The quantitative estimate of drug-likeness (QED) is 0.588. The zero-order valence-corrected chi connectivity index (χ0v) is 7.59. The van der Waals surface area contributed by atoms with E-state index in [1.54, 1.807) is 0 Å². The molecule has 1 aliphatic heterocycles. The maximum atomic E-state index is 5.41. The van der Waals surface area contributed by atoms with Crippen molar-refractivity contribution in [3.63, 3.8) is 0 Å². The lowest BCUT2D eigenvalue weighted by atomic mass is 9.96. The molecule has 0 amide bonds. The van der Waals surface area contributed by atoms with Crippen LogP contribution in [0.25, 0.3) is 0 Å². The van der Waals surface area contributed by atoms with E-state index in [1.807, 2.05) is 0 Å². The van der Waals surface area contributed by atoms with E-state index in [0.29, 0.717) is 6.04 Å². The lowest BCUT2D eigenvalue weighted by Gasteiger charge is -2.17. The predicted molar refractivity (Wildman–Crippen MR) is 49.5 cm³/mol. The molecular weight excluding hydrogens is 150 g/mol. The van der Waals surface area contributed by atoms with Crippen LogP contribution in [-0.2, 0) is 4.74 Å². The molecule has 1 saturated heterocycles. The van der Waals surface area contributed by atoms with Crippen molar-refractivity contribution in [2.45, 2.75) is 51.0 Å². The zero-order valence-electron chi connectivity index (χ0n) is 7.59. The largest absolute Gasteiger partial charge is 0.481 e. The summed E-state index contributed by atoms with van der Waals surface area (Å²) < 4.78 is 5.41. The van der Waals surface area contributed by atoms with Gasteiger partial charge in [-0.05, 0) is 19.3 Å². The average Bonchev–Trinajstić information content (AvgIpc) is 2.59. The molecule has 2 nitrogen and oxygen atoms in total. The fourth-order valence-corrected chi connectivity index (χ4v) is 2.00. The Labute approximate surface area is 74.0 Å². The Hall–Kier alpha value is -0.530. The van der Waals surface area contributed by atoms with Crippen LogP contribution in [0, 0.1) is 0 Å². The van der Waals surface area contributed by atoms with E-state index in [-0.39, 0.29) is 0 Å². The summed E-state index contributed by atoms with van der Waals surface area (Å²) in [5, 5.41) is 0. The molecule has 0 radical (unpaired) electrons. The first-order chi connectivity index (χ1) is 5.95. The lowest BCUT2D eigenvalue weighted by Crippen LogP contribution is -2.12. The van der Waals surface area contributed by atoms with Crippen molar-refractivity contribution in [2.24, 2.45) is 4.99 Å². The minimum atomic E-state index is 0.590. The van der Waals surface area contributed by atoms with Crippen molar-refractivity contribution >= 4 is 5.90 Å². The Morgan fingerprint density at radius 2 is 1.92 bits per heavy atom. The summed E-state index contributed by atoms with van der Waals surface area (Å²) in [6, 6.07) is 0.590. The molecule has 0 spiro atoms. The smallest absolute Gasteiger partial charge is 0.183 e. The molecule has 0 aromatic rings. The maximum absolute atomic E-state index is 5.41. The van der Waals surface area contributed by atoms with E-state index in [2.05, 4.69) is 4.99 Å². The van der Waals surface area contributed by atoms with Crippen LogP contribution in [-0.4, -0.2) is 18.5 Å². The number of hydrogen-bond acceptors (Lipinski definition) is 2. The molecule has 2 aliphatic rings. The van der Waals surface area contributed by atoms with Crippen molar-refractivity contribution in [2.75, 3.05) is 6.61 Å². The first-order valence-electron chi connectivity index (χ1n) is 5.14. The van der Waals surface area contributed by atoms with Gasteiger partial charge >= 0.3 is 0 Å². The second-order valence-corrected chi connectivity index (χ2v) is 3.77. The molecule has 0 unspecified atom stereocenters. The summed E-state index contributed by atoms with van der Waals surface area (Å²) >= 11 is 0. The molecule has 12 heavy (non-hydrogen) atoms. The maximum Gasteiger partial charge on any atom is 0.183 e. The van der Waals surface area contributed by atoms with E-state index in [0.717, 1.165) is 18.9 Å². The third kappa shape index (κ3) is 1.99. The van der Waals surface area contributed by atoms with Crippen LogP contribution in [0.2, 0.25) is 0 Å². The van der Waals surface area contributed by atoms with Gasteiger partial charge in [0.15, 0.2) is 5.90 Å². The highest BCUT2D eigenvalue weighted by Gasteiger charge is 2.15. The van der Waals surface area contributed by atoms with Crippen molar-refractivity contribution < 1.29 is 4.74 Å². The van der Waals surface area contributed by atoms with Gasteiger partial charge in [0.25, 0.3) is 0 Å². The summed E-state index contributed by atoms with van der Waals surface area (Å²) in [5.74, 6) is 1.03. The fraction of sp³-hybridized carbons (Fsp3) is 0.900. The van der Waals surface area contributed by atoms with Crippen LogP contribution in [0.5, 0.6) is 0 Å². The van der Waals surface area contributed by atoms with Gasteiger partial charge in [0.2, 0.25) is 0 Å². The van der Waals surface area contributed by atoms with Gasteiger partial charge < -0.3 is 4.74 Å². The molecule has 1 heterocycles. The molecule has 1 aliphatic carbocycles. The topological polar surface area (TPSA) is 21.6 Å². The van der Waals surface area contributed by atoms with Crippen LogP contribution in [0.15, 0.2) is 4.99 Å². The van der Waals surface area contributed by atoms with Crippen molar-refractivity contribution in [3.8, 4) is 0 Å². The number of aliphatic imine (C=N–C) groups is 1. The molecule has 2 heteroatoms. The first kappa shape index (κ1) is 8.09. The first-order valence-corrected chi connectivity index (χ1v) is 5.14. The van der Waals surface area contributed by atoms with E-state index >= 15 is 0 Å². The molecule has 2 fully saturated rings. The second kappa shape index (κ2) is 3.92. The molecule has 2 rings (SSSR count). The van der Waals surface area contributed by atoms with E-state index < -0.39 is 0 Å². The van der Waals surface area contributed by atoms with Crippen LogP contribution < -0.4 is 0 Å². The summed E-state index contributed by atoms with van der Waals surface area (Å²) in [5.41, 5.74) is 0. The molecule has 0 aromatic carbocycles. The summed E-state index contributed by atoms with van der Waals surface area (Å²) in [7, 11) is 0. The number of ether oxygens (including phenoxy) is 1. The van der Waals surface area contributed by atoms with Gasteiger partial charge in [0.1, 0.15) is 0 Å². The van der Waals surface area contributed by atoms with E-state index in [4.69, 9.17) is 4.74 Å². The van der Waals surface area contributed by atoms with Gasteiger partial charge in [0, 0.05) is 6.42 Å². The highest BCUT2D eigenvalue weighted by Crippen LogP contribution is 2.21. The summed E-state index contributed by atoms with van der Waals surface area (Å²) in [4.78, 5) is 4.63. The van der Waals surface area contributed by atoms with E-state index in [9.17, 15) is 0 Å². The van der Waals surface area contributed by atoms with Crippen molar-refractivity contribution in [1.29, 1.82) is 0 Å². The standard InChI is InChI=1S/C10H17NO/c1-2-5-9(6-3-1)11-10-7-4-8-12-10/h9H,1-8H2. The zero-order chi connectivity index (χ0) is 8.23. The summed E-state index contributed by atoms with van der Waals surface area (Å²) in [6.45, 7) is 0.894. The second-order valence-electron chi connectivity index (χ2n) is 3.77. The van der Waals surface area contributed by atoms with Crippen LogP contribution >= 0.6 is 0 Å². The van der Waals surface area contributed by atoms with Gasteiger partial charge in [-0.2, -0.15) is 0 Å². The van der Waals surface area contributed by atoms with E-state index in [1.165, 1.54) is 38.5 Å². The Kier molecular flexibility index (Phi) is 2.64. The Balaban J connectivity index is 1.86. The number of nitrogens with zero attached hydrogens (tertiary/aromatic N) is 1. The molecule has 0 bridgehead atoms. The van der Waals surface area contributed by atoms with Gasteiger partial charge in [-0.1, -0.05) is 19.3 Å². The van der Waals surface area contributed by atoms with Gasteiger partial charge in [-0.25, -0.2) is 0 Å². The average molecular weight is 167 g/mol. The predicted octanol–water partition coefficient (Wildman–Crippen LogP) is 2.53.